The first-order valence-corrected chi connectivity index (χ1v) is 11.1. The van der Waals surface area contributed by atoms with Crippen LogP contribution in [0.1, 0.15) is 27.0 Å². The Kier molecular flexibility index (Phi) is 7.25. The highest BCUT2D eigenvalue weighted by molar-refractivity contribution is 7.89. The molecule has 0 bridgehead atoms. The molecule has 0 atom stereocenters. The third-order valence-electron chi connectivity index (χ3n) is 4.79. The van der Waals surface area contributed by atoms with Gasteiger partial charge in [-0.15, -0.1) is 0 Å². The lowest BCUT2D eigenvalue weighted by Gasteiger charge is -2.19. The number of ether oxygens (including phenoxy) is 2. The summed E-state index contributed by atoms with van der Waals surface area (Å²) in [7, 11) is -1.10. The van der Waals surface area contributed by atoms with Crippen molar-refractivity contribution in [2.75, 3.05) is 14.2 Å². The molecule has 0 N–H and O–H groups in total. The van der Waals surface area contributed by atoms with E-state index in [9.17, 15) is 13.2 Å². The molecule has 0 fully saturated rings. The van der Waals surface area contributed by atoms with Gasteiger partial charge < -0.3 is 9.47 Å². The van der Waals surface area contributed by atoms with Gasteiger partial charge in [-0.05, 0) is 41.5 Å². The molecule has 0 aliphatic carbocycles. The van der Waals surface area contributed by atoms with Gasteiger partial charge in [0.1, 0.15) is 17.3 Å². The second-order valence-corrected chi connectivity index (χ2v) is 9.01. The maximum Gasteiger partial charge on any atom is 0.338 e. The van der Waals surface area contributed by atoms with Gasteiger partial charge in [-0.1, -0.05) is 42.5 Å². The molecular weight excluding hydrogens is 428 g/mol. The predicted octanol–water partition coefficient (Wildman–Crippen LogP) is 3.74. The highest BCUT2D eigenvalue weighted by atomic mass is 32.2. The first kappa shape index (κ1) is 23.0. The van der Waals surface area contributed by atoms with Gasteiger partial charge in [-0.25, -0.2) is 13.2 Å². The van der Waals surface area contributed by atoms with E-state index in [2.05, 4.69) is 0 Å². The van der Waals surface area contributed by atoms with E-state index in [4.69, 9.17) is 14.7 Å². The molecule has 0 aliphatic heterocycles. The predicted molar refractivity (Wildman–Crippen MR) is 118 cm³/mol. The summed E-state index contributed by atoms with van der Waals surface area (Å²) in [5.74, 6) is -0.535. The molecule has 3 rings (SSSR count). The number of benzene rings is 3. The van der Waals surface area contributed by atoms with Gasteiger partial charge in [-0.2, -0.15) is 9.57 Å². The molecule has 164 valence electrons. The van der Waals surface area contributed by atoms with E-state index < -0.39 is 16.0 Å². The Hall–Kier alpha value is -3.67. The minimum atomic E-state index is -3.94. The fourth-order valence-electron chi connectivity index (χ4n) is 3.01. The lowest BCUT2D eigenvalue weighted by molar-refractivity contribution is 0.0472. The number of hydrogen-bond acceptors (Lipinski definition) is 6. The Morgan fingerprint density at radius 2 is 1.69 bits per heavy atom. The smallest absolute Gasteiger partial charge is 0.338 e. The minimum Gasteiger partial charge on any atom is -0.495 e. The van der Waals surface area contributed by atoms with Gasteiger partial charge in [-0.3, -0.25) is 0 Å². The van der Waals surface area contributed by atoms with E-state index >= 15 is 0 Å². The van der Waals surface area contributed by atoms with Crippen LogP contribution in [0.15, 0.2) is 77.7 Å². The van der Waals surface area contributed by atoms with Crippen molar-refractivity contribution in [2.24, 2.45) is 0 Å². The third kappa shape index (κ3) is 5.32. The van der Waals surface area contributed by atoms with Crippen LogP contribution >= 0.6 is 0 Å². The Balaban J connectivity index is 1.80. The van der Waals surface area contributed by atoms with Gasteiger partial charge in [0.2, 0.25) is 10.0 Å². The molecule has 0 unspecified atom stereocenters. The summed E-state index contributed by atoms with van der Waals surface area (Å²) in [6, 6.07) is 22.0. The van der Waals surface area contributed by atoms with E-state index in [0.29, 0.717) is 11.1 Å². The number of hydrogen-bond donors (Lipinski definition) is 0. The van der Waals surface area contributed by atoms with Crippen molar-refractivity contribution in [3.8, 4) is 11.8 Å². The highest BCUT2D eigenvalue weighted by Crippen LogP contribution is 2.28. The SMILES string of the molecule is COc1ccc(C(=O)OCc2ccc(C#N)cc2)cc1S(=O)(=O)N(C)Cc1ccccc1. The molecule has 0 heterocycles. The molecule has 0 amide bonds. The molecular formula is C24H22N2O5S. The average Bonchev–Trinajstić information content (AvgIpc) is 2.83. The third-order valence-corrected chi connectivity index (χ3v) is 6.61. The minimum absolute atomic E-state index is 0.00738. The normalized spacial score (nSPS) is 11.1. The number of sulfonamides is 1. The van der Waals surface area contributed by atoms with Crippen LogP contribution in [0.3, 0.4) is 0 Å². The zero-order valence-corrected chi connectivity index (χ0v) is 18.5. The second-order valence-electron chi connectivity index (χ2n) is 7.00. The largest absolute Gasteiger partial charge is 0.495 e. The molecule has 0 saturated heterocycles. The van der Waals surface area contributed by atoms with Crippen LogP contribution in [-0.2, 0) is 27.9 Å². The number of nitriles is 1. The number of carbonyl (C=O) groups excluding carboxylic acids is 1. The standard InChI is InChI=1S/C24H22N2O5S/c1-26(16-19-6-4-3-5-7-19)32(28,29)23-14-21(12-13-22(23)30-2)24(27)31-17-20-10-8-18(15-25)9-11-20/h3-14H,16-17H2,1-2H3. The Morgan fingerprint density at radius 3 is 2.31 bits per heavy atom. The molecule has 3 aromatic rings. The highest BCUT2D eigenvalue weighted by Gasteiger charge is 2.26. The van der Waals surface area contributed by atoms with Crippen molar-refractivity contribution in [1.82, 2.24) is 4.31 Å². The molecule has 8 heteroatoms. The second kappa shape index (κ2) is 10.1. The molecule has 0 aliphatic rings. The molecule has 7 nitrogen and oxygen atoms in total. The number of rotatable bonds is 8. The van der Waals surface area contributed by atoms with E-state index in [0.717, 1.165) is 5.56 Å². The monoisotopic (exact) mass is 450 g/mol. The summed E-state index contributed by atoms with van der Waals surface area (Å²) >= 11 is 0. The van der Waals surface area contributed by atoms with Gasteiger partial charge in [0.15, 0.2) is 0 Å². The summed E-state index contributed by atoms with van der Waals surface area (Å²) in [6.45, 7) is 0.159. The van der Waals surface area contributed by atoms with Crippen LogP contribution in [-0.4, -0.2) is 32.8 Å². The summed E-state index contributed by atoms with van der Waals surface area (Å²) in [5.41, 5.74) is 2.13. The zero-order chi connectivity index (χ0) is 23.1. The van der Waals surface area contributed by atoms with Crippen LogP contribution in [0.2, 0.25) is 0 Å². The van der Waals surface area contributed by atoms with Crippen molar-refractivity contribution in [1.29, 1.82) is 5.26 Å². The Morgan fingerprint density at radius 1 is 1.00 bits per heavy atom. The van der Waals surface area contributed by atoms with Crippen molar-refractivity contribution in [2.45, 2.75) is 18.0 Å². The lowest BCUT2D eigenvalue weighted by Crippen LogP contribution is -2.27. The first-order chi connectivity index (χ1) is 15.3. The molecule has 0 aromatic heterocycles. The van der Waals surface area contributed by atoms with Crippen LogP contribution in [0, 0.1) is 11.3 Å². The van der Waals surface area contributed by atoms with Crippen LogP contribution < -0.4 is 4.74 Å². The average molecular weight is 451 g/mol. The van der Waals surface area contributed by atoms with E-state index in [1.807, 2.05) is 36.4 Å². The fourth-order valence-corrected chi connectivity index (χ4v) is 4.34. The van der Waals surface area contributed by atoms with Gasteiger partial charge in [0, 0.05) is 13.6 Å². The Labute approximate surface area is 187 Å². The van der Waals surface area contributed by atoms with Gasteiger partial charge in [0.25, 0.3) is 0 Å². The topological polar surface area (TPSA) is 96.7 Å². The zero-order valence-electron chi connectivity index (χ0n) is 17.7. The van der Waals surface area contributed by atoms with Gasteiger partial charge in [0.05, 0.1) is 24.3 Å². The van der Waals surface area contributed by atoms with Crippen molar-refractivity contribution in [3.05, 3.63) is 95.1 Å². The number of methoxy groups -OCH3 is 1. The lowest BCUT2D eigenvalue weighted by atomic mass is 10.1. The molecule has 0 saturated carbocycles. The maximum absolute atomic E-state index is 13.2. The van der Waals surface area contributed by atoms with Crippen molar-refractivity contribution < 1.29 is 22.7 Å². The van der Waals surface area contributed by atoms with Gasteiger partial charge >= 0.3 is 5.97 Å². The molecule has 32 heavy (non-hydrogen) atoms. The number of carbonyl (C=O) groups is 1. The van der Waals surface area contributed by atoms with Crippen molar-refractivity contribution in [3.63, 3.8) is 0 Å². The number of esters is 1. The first-order valence-electron chi connectivity index (χ1n) is 9.69. The fraction of sp³-hybridized carbons (Fsp3) is 0.167. The summed E-state index contributed by atoms with van der Waals surface area (Å²) < 4.78 is 38.1. The van der Waals surface area contributed by atoms with E-state index in [1.165, 1.54) is 36.7 Å². The van der Waals surface area contributed by atoms with E-state index in [-0.39, 0.29) is 29.4 Å². The summed E-state index contributed by atoms with van der Waals surface area (Å²) in [4.78, 5) is 12.4. The maximum atomic E-state index is 13.2. The van der Waals surface area contributed by atoms with Crippen LogP contribution in [0.5, 0.6) is 5.75 Å². The Bertz CT molecular complexity index is 1230. The molecule has 0 radical (unpaired) electrons. The summed E-state index contributed by atoms with van der Waals surface area (Å²) in [6.07, 6.45) is 0. The molecule has 3 aromatic carbocycles. The van der Waals surface area contributed by atoms with Crippen LogP contribution in [0.25, 0.3) is 0 Å². The van der Waals surface area contributed by atoms with E-state index in [1.54, 1.807) is 24.3 Å². The number of nitrogens with zero attached hydrogens (tertiary/aromatic N) is 2. The van der Waals surface area contributed by atoms with Crippen LogP contribution in [0.4, 0.5) is 0 Å². The quantitative estimate of drug-likeness (QED) is 0.485. The van der Waals surface area contributed by atoms with Crippen molar-refractivity contribution >= 4 is 16.0 Å². The summed E-state index contributed by atoms with van der Waals surface area (Å²) in [5, 5.41) is 8.85. The molecule has 0 spiro atoms.